The molecule has 1 aromatic heterocycles. The number of rotatable bonds is 2. The van der Waals surface area contributed by atoms with Gasteiger partial charge in [0.2, 0.25) is 0 Å². The summed E-state index contributed by atoms with van der Waals surface area (Å²) in [6.07, 6.45) is 0.986. The van der Waals surface area contributed by atoms with Crippen LogP contribution in [0.25, 0.3) is 0 Å². The lowest BCUT2D eigenvalue weighted by molar-refractivity contribution is 0.0929. The van der Waals surface area contributed by atoms with Crippen molar-refractivity contribution in [3.63, 3.8) is 0 Å². The highest BCUT2D eigenvalue weighted by Crippen LogP contribution is 2.32. The molecule has 1 aromatic carbocycles. The summed E-state index contributed by atoms with van der Waals surface area (Å²) >= 11 is 3.06. The van der Waals surface area contributed by atoms with Crippen molar-refractivity contribution in [2.45, 2.75) is 12.5 Å². The normalized spacial score (nSPS) is 14.3. The molecule has 18 heavy (non-hydrogen) atoms. The molecule has 0 aliphatic rings. The minimum Gasteiger partial charge on any atom is -0.379 e. The van der Waals surface area contributed by atoms with Crippen molar-refractivity contribution in [3.8, 4) is 0 Å². The van der Waals surface area contributed by atoms with Crippen LogP contribution in [-0.2, 0) is 5.60 Å². The first kappa shape index (κ1) is 13.1. The zero-order chi connectivity index (χ0) is 13.3. The number of nitrogens with zero attached hydrogens (tertiary/aromatic N) is 1. The lowest BCUT2D eigenvalue weighted by Crippen LogP contribution is -2.25. The Morgan fingerprint density at radius 1 is 1.22 bits per heavy atom. The van der Waals surface area contributed by atoms with Crippen LogP contribution in [0, 0.1) is 11.6 Å². The van der Waals surface area contributed by atoms with Gasteiger partial charge >= 0.3 is 0 Å². The van der Waals surface area contributed by atoms with Crippen LogP contribution in [0.3, 0.4) is 0 Å². The van der Waals surface area contributed by atoms with E-state index in [2.05, 4.69) is 20.9 Å². The van der Waals surface area contributed by atoms with Gasteiger partial charge in [0.15, 0.2) is 0 Å². The molecule has 1 N–H and O–H groups in total. The molecule has 0 amide bonds. The minimum atomic E-state index is -1.62. The fourth-order valence-corrected chi connectivity index (χ4v) is 2.05. The predicted molar refractivity (Wildman–Crippen MR) is 67.0 cm³/mol. The summed E-state index contributed by atoms with van der Waals surface area (Å²) in [5.74, 6) is -1.07. The van der Waals surface area contributed by atoms with Crippen molar-refractivity contribution in [1.82, 2.24) is 4.98 Å². The van der Waals surface area contributed by atoms with E-state index in [1.807, 2.05) is 0 Å². The van der Waals surface area contributed by atoms with Gasteiger partial charge in [0.25, 0.3) is 0 Å². The zero-order valence-electron chi connectivity index (χ0n) is 9.49. The second-order valence-corrected chi connectivity index (χ2v) is 4.89. The van der Waals surface area contributed by atoms with Gasteiger partial charge in [-0.2, -0.15) is 0 Å². The molecular formula is C13H10BrF2NO. The summed E-state index contributed by atoms with van der Waals surface area (Å²) < 4.78 is 27.0. The third-order valence-corrected chi connectivity index (χ3v) is 3.31. The molecule has 1 atom stereocenters. The Kier molecular flexibility index (Phi) is 3.45. The number of halogens is 3. The van der Waals surface area contributed by atoms with Crippen LogP contribution in [0.4, 0.5) is 8.78 Å². The molecule has 0 fully saturated rings. The van der Waals surface area contributed by atoms with Gasteiger partial charge < -0.3 is 5.11 Å². The summed E-state index contributed by atoms with van der Waals surface area (Å²) in [6, 6.07) is 7.11. The molecule has 0 spiro atoms. The van der Waals surface area contributed by atoms with Gasteiger partial charge in [-0.15, -0.1) is 0 Å². The summed E-state index contributed by atoms with van der Waals surface area (Å²) in [5.41, 5.74) is -1.36. The Balaban J connectivity index is 2.54. The lowest BCUT2D eigenvalue weighted by atomic mass is 9.91. The standard InChI is InChI=1S/C13H10BrF2NO/c1-13(18,11-6-5-8(15)7-17-11)9-3-2-4-10(14)12(9)16/h2-7,18H,1H3. The van der Waals surface area contributed by atoms with E-state index in [9.17, 15) is 13.9 Å². The molecule has 94 valence electrons. The second-order valence-electron chi connectivity index (χ2n) is 4.04. The first-order valence-electron chi connectivity index (χ1n) is 5.22. The molecule has 2 nitrogen and oxygen atoms in total. The maximum Gasteiger partial charge on any atom is 0.143 e. The van der Waals surface area contributed by atoms with E-state index in [0.29, 0.717) is 0 Å². The first-order valence-corrected chi connectivity index (χ1v) is 6.01. The molecule has 0 saturated carbocycles. The van der Waals surface area contributed by atoms with E-state index in [-0.39, 0.29) is 15.7 Å². The predicted octanol–water partition coefficient (Wildman–Crippen LogP) is 3.38. The van der Waals surface area contributed by atoms with Crippen molar-refractivity contribution >= 4 is 15.9 Å². The van der Waals surface area contributed by atoms with Crippen molar-refractivity contribution in [2.24, 2.45) is 0 Å². The average molecular weight is 314 g/mol. The van der Waals surface area contributed by atoms with Crippen LogP contribution >= 0.6 is 15.9 Å². The lowest BCUT2D eigenvalue weighted by Gasteiger charge is -2.24. The molecule has 0 radical (unpaired) electrons. The minimum absolute atomic E-state index is 0.0796. The van der Waals surface area contributed by atoms with E-state index in [1.165, 1.54) is 31.2 Å². The quantitative estimate of drug-likeness (QED) is 0.922. The Bertz CT molecular complexity index is 570. The molecule has 1 unspecified atom stereocenters. The number of hydrogen-bond donors (Lipinski definition) is 1. The fraction of sp³-hybridized carbons (Fsp3) is 0.154. The Morgan fingerprint density at radius 3 is 2.56 bits per heavy atom. The molecular weight excluding hydrogens is 304 g/mol. The highest BCUT2D eigenvalue weighted by atomic mass is 79.9. The van der Waals surface area contributed by atoms with Gasteiger partial charge in [0.05, 0.1) is 16.4 Å². The molecule has 2 rings (SSSR count). The Hall–Kier alpha value is -1.33. The Labute approximate surface area is 111 Å². The molecule has 5 heteroatoms. The van der Waals surface area contributed by atoms with Crippen LogP contribution in [0.5, 0.6) is 0 Å². The van der Waals surface area contributed by atoms with E-state index >= 15 is 0 Å². The topological polar surface area (TPSA) is 33.1 Å². The highest BCUT2D eigenvalue weighted by molar-refractivity contribution is 9.10. The van der Waals surface area contributed by atoms with Crippen molar-refractivity contribution < 1.29 is 13.9 Å². The second kappa shape index (κ2) is 4.74. The summed E-state index contributed by atoms with van der Waals surface area (Å²) in [6.45, 7) is 1.41. The zero-order valence-corrected chi connectivity index (χ0v) is 11.1. The third-order valence-electron chi connectivity index (χ3n) is 2.70. The van der Waals surface area contributed by atoms with Crippen LogP contribution < -0.4 is 0 Å². The molecule has 0 bridgehead atoms. The van der Waals surface area contributed by atoms with Crippen molar-refractivity contribution in [3.05, 3.63) is 63.9 Å². The molecule has 0 saturated heterocycles. The monoisotopic (exact) mass is 313 g/mol. The van der Waals surface area contributed by atoms with Gasteiger partial charge in [-0.1, -0.05) is 12.1 Å². The van der Waals surface area contributed by atoms with Gasteiger partial charge in [0, 0.05) is 5.56 Å². The molecule has 2 aromatic rings. The number of hydrogen-bond acceptors (Lipinski definition) is 2. The summed E-state index contributed by atoms with van der Waals surface area (Å²) in [4.78, 5) is 3.79. The van der Waals surface area contributed by atoms with Crippen molar-refractivity contribution in [1.29, 1.82) is 0 Å². The fourth-order valence-electron chi connectivity index (χ4n) is 1.68. The van der Waals surface area contributed by atoms with Crippen LogP contribution in [-0.4, -0.2) is 10.1 Å². The highest BCUT2D eigenvalue weighted by Gasteiger charge is 2.30. The smallest absolute Gasteiger partial charge is 0.143 e. The molecule has 1 heterocycles. The maximum atomic E-state index is 14.0. The van der Waals surface area contributed by atoms with Gasteiger partial charge in [0.1, 0.15) is 17.2 Å². The van der Waals surface area contributed by atoms with Crippen LogP contribution in [0.1, 0.15) is 18.2 Å². The number of aromatic nitrogens is 1. The average Bonchev–Trinajstić information content (AvgIpc) is 2.33. The largest absolute Gasteiger partial charge is 0.379 e. The van der Waals surface area contributed by atoms with E-state index < -0.39 is 17.2 Å². The van der Waals surface area contributed by atoms with E-state index in [4.69, 9.17) is 0 Å². The van der Waals surface area contributed by atoms with Gasteiger partial charge in [-0.25, -0.2) is 8.78 Å². The Morgan fingerprint density at radius 2 is 1.94 bits per heavy atom. The molecule has 0 aliphatic heterocycles. The SMILES string of the molecule is CC(O)(c1ccc(F)cn1)c1cccc(Br)c1F. The molecule has 0 aliphatic carbocycles. The first-order chi connectivity index (χ1) is 8.43. The maximum absolute atomic E-state index is 14.0. The van der Waals surface area contributed by atoms with E-state index in [1.54, 1.807) is 6.07 Å². The summed E-state index contributed by atoms with van der Waals surface area (Å²) in [7, 11) is 0. The number of pyridine rings is 1. The van der Waals surface area contributed by atoms with Crippen LogP contribution in [0.2, 0.25) is 0 Å². The van der Waals surface area contributed by atoms with Crippen molar-refractivity contribution in [2.75, 3.05) is 0 Å². The van der Waals surface area contributed by atoms with Gasteiger partial charge in [-0.3, -0.25) is 4.98 Å². The number of benzene rings is 1. The van der Waals surface area contributed by atoms with Gasteiger partial charge in [-0.05, 0) is 41.1 Å². The van der Waals surface area contributed by atoms with Crippen LogP contribution in [0.15, 0.2) is 41.0 Å². The number of aliphatic hydroxyl groups is 1. The van der Waals surface area contributed by atoms with E-state index in [0.717, 1.165) is 6.20 Å². The third kappa shape index (κ3) is 2.28. The summed E-state index contributed by atoms with van der Waals surface area (Å²) in [5, 5.41) is 10.4.